The topological polar surface area (TPSA) is 73.9 Å². The maximum absolute atomic E-state index is 11.6. The second kappa shape index (κ2) is 8.14. The van der Waals surface area contributed by atoms with Crippen LogP contribution >= 0.6 is 0 Å². The lowest BCUT2D eigenvalue weighted by atomic mass is 10.2. The van der Waals surface area contributed by atoms with E-state index in [0.29, 0.717) is 29.5 Å². The van der Waals surface area contributed by atoms with Crippen molar-refractivity contribution in [3.05, 3.63) is 23.8 Å². The molecule has 0 aromatic heterocycles. The van der Waals surface area contributed by atoms with Gasteiger partial charge in [0.15, 0.2) is 18.1 Å². The number of hydrogen-bond acceptors (Lipinski definition) is 5. The maximum atomic E-state index is 11.6. The van der Waals surface area contributed by atoms with Gasteiger partial charge in [0.25, 0.3) is 5.91 Å². The Morgan fingerprint density at radius 3 is 2.48 bits per heavy atom. The van der Waals surface area contributed by atoms with Crippen LogP contribution in [0, 0.1) is 5.92 Å². The van der Waals surface area contributed by atoms with Gasteiger partial charge in [0.05, 0.1) is 19.8 Å². The SMILES string of the molecule is COC(=O)c1ccc(OCC(=O)NCC(C)C)c(OC)c1. The van der Waals surface area contributed by atoms with Crippen LogP contribution in [0.1, 0.15) is 24.2 Å². The van der Waals surface area contributed by atoms with Gasteiger partial charge in [0.1, 0.15) is 0 Å². The predicted molar refractivity (Wildman–Crippen MR) is 77.7 cm³/mol. The van der Waals surface area contributed by atoms with E-state index in [0.717, 1.165) is 0 Å². The number of carbonyl (C=O) groups excluding carboxylic acids is 2. The molecule has 21 heavy (non-hydrogen) atoms. The molecule has 1 rings (SSSR count). The first-order valence-electron chi connectivity index (χ1n) is 6.63. The number of benzene rings is 1. The molecule has 0 aliphatic heterocycles. The number of carbonyl (C=O) groups is 2. The van der Waals surface area contributed by atoms with Crippen molar-refractivity contribution in [2.45, 2.75) is 13.8 Å². The van der Waals surface area contributed by atoms with Crippen LogP contribution in [-0.4, -0.2) is 39.2 Å². The minimum atomic E-state index is -0.463. The number of amides is 1. The molecule has 0 saturated carbocycles. The molecule has 0 heterocycles. The molecule has 1 N–H and O–H groups in total. The van der Waals surface area contributed by atoms with Crippen molar-refractivity contribution < 1.29 is 23.8 Å². The fraction of sp³-hybridized carbons (Fsp3) is 0.467. The summed E-state index contributed by atoms with van der Waals surface area (Å²) in [5.41, 5.74) is 0.353. The summed E-state index contributed by atoms with van der Waals surface area (Å²) in [7, 11) is 2.76. The van der Waals surface area contributed by atoms with Gasteiger partial charge in [-0.15, -0.1) is 0 Å². The summed E-state index contributed by atoms with van der Waals surface area (Å²) in [4.78, 5) is 23.0. The van der Waals surface area contributed by atoms with Crippen LogP contribution < -0.4 is 14.8 Å². The summed E-state index contributed by atoms with van der Waals surface area (Å²) in [6, 6.07) is 4.63. The average Bonchev–Trinajstić information content (AvgIpc) is 2.49. The number of ether oxygens (including phenoxy) is 3. The molecular weight excluding hydrogens is 274 g/mol. The molecule has 1 aromatic rings. The van der Waals surface area contributed by atoms with Gasteiger partial charge in [-0.25, -0.2) is 4.79 Å². The molecule has 0 radical (unpaired) electrons. The Morgan fingerprint density at radius 1 is 1.19 bits per heavy atom. The summed E-state index contributed by atoms with van der Waals surface area (Å²) in [5.74, 6) is 0.472. The highest BCUT2D eigenvalue weighted by Crippen LogP contribution is 2.28. The van der Waals surface area contributed by atoms with Crippen LogP contribution in [0.4, 0.5) is 0 Å². The van der Waals surface area contributed by atoms with Gasteiger partial charge in [-0.3, -0.25) is 4.79 Å². The zero-order valence-corrected chi connectivity index (χ0v) is 12.8. The molecule has 0 spiro atoms. The lowest BCUT2D eigenvalue weighted by Gasteiger charge is -2.12. The van der Waals surface area contributed by atoms with Gasteiger partial charge in [-0.05, 0) is 24.1 Å². The minimum Gasteiger partial charge on any atom is -0.493 e. The van der Waals surface area contributed by atoms with E-state index >= 15 is 0 Å². The summed E-state index contributed by atoms with van der Waals surface area (Å²) in [6.45, 7) is 4.51. The summed E-state index contributed by atoms with van der Waals surface area (Å²) in [6.07, 6.45) is 0. The molecule has 1 amide bonds. The molecule has 0 aliphatic carbocycles. The van der Waals surface area contributed by atoms with E-state index in [2.05, 4.69) is 10.1 Å². The lowest BCUT2D eigenvalue weighted by molar-refractivity contribution is -0.123. The van der Waals surface area contributed by atoms with E-state index < -0.39 is 5.97 Å². The van der Waals surface area contributed by atoms with Gasteiger partial charge in [-0.2, -0.15) is 0 Å². The van der Waals surface area contributed by atoms with E-state index in [1.165, 1.54) is 20.3 Å². The van der Waals surface area contributed by atoms with Crippen LogP contribution in [0.3, 0.4) is 0 Å². The van der Waals surface area contributed by atoms with Crippen molar-refractivity contribution in [3.8, 4) is 11.5 Å². The average molecular weight is 295 g/mol. The monoisotopic (exact) mass is 295 g/mol. The highest BCUT2D eigenvalue weighted by Gasteiger charge is 2.12. The van der Waals surface area contributed by atoms with E-state index in [1.54, 1.807) is 12.1 Å². The number of nitrogens with one attached hydrogen (secondary N) is 1. The molecule has 6 heteroatoms. The van der Waals surface area contributed by atoms with Crippen molar-refractivity contribution in [3.63, 3.8) is 0 Å². The summed E-state index contributed by atoms with van der Waals surface area (Å²) < 4.78 is 15.2. The van der Waals surface area contributed by atoms with Crippen LogP contribution in [0.5, 0.6) is 11.5 Å². The van der Waals surface area contributed by atoms with Gasteiger partial charge in [-0.1, -0.05) is 13.8 Å². The Kier molecular flexibility index (Phi) is 6.52. The Balaban J connectivity index is 2.66. The van der Waals surface area contributed by atoms with Gasteiger partial charge < -0.3 is 19.5 Å². The first kappa shape index (κ1) is 16.8. The van der Waals surface area contributed by atoms with Gasteiger partial charge in [0, 0.05) is 6.54 Å². The van der Waals surface area contributed by atoms with Crippen molar-refractivity contribution in [1.82, 2.24) is 5.32 Å². The number of esters is 1. The molecule has 0 unspecified atom stereocenters. The predicted octanol–water partition coefficient (Wildman–Crippen LogP) is 1.63. The summed E-state index contributed by atoms with van der Waals surface area (Å²) in [5, 5.41) is 2.75. The Labute approximate surface area is 124 Å². The molecular formula is C15H21NO5. The van der Waals surface area contributed by atoms with Crippen LogP contribution in [0.25, 0.3) is 0 Å². The smallest absolute Gasteiger partial charge is 0.337 e. The third kappa shape index (κ3) is 5.33. The zero-order valence-electron chi connectivity index (χ0n) is 12.8. The molecule has 0 aliphatic rings. The van der Waals surface area contributed by atoms with Crippen molar-refractivity contribution >= 4 is 11.9 Å². The summed E-state index contributed by atoms with van der Waals surface area (Å²) >= 11 is 0. The molecule has 6 nitrogen and oxygen atoms in total. The quantitative estimate of drug-likeness (QED) is 0.774. The van der Waals surface area contributed by atoms with Crippen molar-refractivity contribution in [1.29, 1.82) is 0 Å². The number of methoxy groups -OCH3 is 2. The number of rotatable bonds is 7. The van der Waals surface area contributed by atoms with Crippen LogP contribution in [-0.2, 0) is 9.53 Å². The highest BCUT2D eigenvalue weighted by molar-refractivity contribution is 5.90. The third-order valence-corrected chi connectivity index (χ3v) is 2.65. The number of hydrogen-bond donors (Lipinski definition) is 1. The minimum absolute atomic E-state index is 0.110. The van der Waals surface area contributed by atoms with Crippen LogP contribution in [0.15, 0.2) is 18.2 Å². The third-order valence-electron chi connectivity index (χ3n) is 2.65. The molecule has 0 atom stereocenters. The molecule has 1 aromatic carbocycles. The lowest BCUT2D eigenvalue weighted by Crippen LogP contribution is -2.31. The standard InChI is InChI=1S/C15H21NO5/c1-10(2)8-16-14(17)9-21-12-6-5-11(15(18)20-4)7-13(12)19-3/h5-7,10H,8-9H2,1-4H3,(H,16,17). The fourth-order valence-corrected chi connectivity index (χ4v) is 1.54. The van der Waals surface area contributed by atoms with Crippen molar-refractivity contribution in [2.24, 2.45) is 5.92 Å². The molecule has 0 bridgehead atoms. The van der Waals surface area contributed by atoms with Gasteiger partial charge >= 0.3 is 5.97 Å². The molecule has 0 saturated heterocycles. The van der Waals surface area contributed by atoms with E-state index in [1.807, 2.05) is 13.8 Å². The second-order valence-corrected chi connectivity index (χ2v) is 4.84. The first-order chi connectivity index (χ1) is 9.97. The second-order valence-electron chi connectivity index (χ2n) is 4.84. The van der Waals surface area contributed by atoms with E-state index in [-0.39, 0.29) is 12.5 Å². The molecule has 116 valence electrons. The zero-order chi connectivity index (χ0) is 15.8. The highest BCUT2D eigenvalue weighted by atomic mass is 16.5. The van der Waals surface area contributed by atoms with Crippen molar-refractivity contribution in [2.75, 3.05) is 27.4 Å². The Hall–Kier alpha value is -2.24. The van der Waals surface area contributed by atoms with Gasteiger partial charge in [0.2, 0.25) is 0 Å². The Bertz CT molecular complexity index is 499. The molecule has 0 fully saturated rings. The van der Waals surface area contributed by atoms with E-state index in [4.69, 9.17) is 9.47 Å². The van der Waals surface area contributed by atoms with Crippen LogP contribution in [0.2, 0.25) is 0 Å². The fourth-order valence-electron chi connectivity index (χ4n) is 1.54. The van der Waals surface area contributed by atoms with E-state index in [9.17, 15) is 9.59 Å². The normalized spacial score (nSPS) is 10.1. The largest absolute Gasteiger partial charge is 0.493 e. The Morgan fingerprint density at radius 2 is 1.90 bits per heavy atom. The maximum Gasteiger partial charge on any atom is 0.337 e. The first-order valence-corrected chi connectivity index (χ1v) is 6.63.